The van der Waals surface area contributed by atoms with Gasteiger partial charge in [-0.1, -0.05) is 18.2 Å². The van der Waals surface area contributed by atoms with Crippen molar-refractivity contribution in [1.29, 1.82) is 5.26 Å². The highest BCUT2D eigenvalue weighted by molar-refractivity contribution is 7.89. The van der Waals surface area contributed by atoms with E-state index in [9.17, 15) is 13.2 Å². The van der Waals surface area contributed by atoms with Gasteiger partial charge in [-0.15, -0.1) is 0 Å². The van der Waals surface area contributed by atoms with Gasteiger partial charge in [0.05, 0.1) is 30.5 Å². The number of hydrogen-bond donors (Lipinski definition) is 0. The molecule has 0 aliphatic heterocycles. The Hall–Kier alpha value is -2.89. The highest BCUT2D eigenvalue weighted by Gasteiger charge is 2.25. The lowest BCUT2D eigenvalue weighted by Gasteiger charge is -2.25. The Labute approximate surface area is 165 Å². The third-order valence-electron chi connectivity index (χ3n) is 4.02. The highest BCUT2D eigenvalue weighted by atomic mass is 32.2. The van der Waals surface area contributed by atoms with Gasteiger partial charge in [0.1, 0.15) is 5.75 Å². The lowest BCUT2D eigenvalue weighted by atomic mass is 10.2. The summed E-state index contributed by atoms with van der Waals surface area (Å²) in [4.78, 5) is 14.4. The van der Waals surface area contributed by atoms with Crippen LogP contribution in [0, 0.1) is 11.3 Å². The van der Waals surface area contributed by atoms with Gasteiger partial charge < -0.3 is 9.64 Å². The Morgan fingerprint density at radius 3 is 2.32 bits per heavy atom. The topological polar surface area (TPSA) is 90.7 Å². The first-order valence-corrected chi connectivity index (χ1v) is 10.3. The molecule has 0 saturated carbocycles. The zero-order chi connectivity index (χ0) is 20.6. The van der Waals surface area contributed by atoms with Crippen LogP contribution < -0.4 is 9.64 Å². The Balaban J connectivity index is 2.19. The predicted molar refractivity (Wildman–Crippen MR) is 106 cm³/mol. The molecule has 0 heterocycles. The highest BCUT2D eigenvalue weighted by Crippen LogP contribution is 2.21. The van der Waals surface area contributed by atoms with E-state index in [0.717, 1.165) is 4.31 Å². The molecule has 1 amide bonds. The van der Waals surface area contributed by atoms with Crippen LogP contribution in [0.3, 0.4) is 0 Å². The number of carbonyl (C=O) groups is 1. The predicted octanol–water partition coefficient (Wildman–Crippen LogP) is 2.65. The molecule has 0 bridgehead atoms. The number of nitrogens with zero attached hydrogens (tertiary/aromatic N) is 3. The fourth-order valence-electron chi connectivity index (χ4n) is 2.58. The standard InChI is InChI=1S/C20H23N3O4S/c1-3-27-18-12-10-17(11-13-18)23(15-7-14-21)20(24)16-22(2)28(25,26)19-8-5-4-6-9-19/h4-6,8-13H,3,7,15-16H2,1-2H3. The molecule has 0 aromatic heterocycles. The number of likely N-dealkylation sites (N-methyl/N-ethyl adjacent to an activating group) is 1. The van der Waals surface area contributed by atoms with Crippen LogP contribution in [0.1, 0.15) is 13.3 Å². The van der Waals surface area contributed by atoms with E-state index < -0.39 is 15.9 Å². The van der Waals surface area contributed by atoms with Crippen molar-refractivity contribution < 1.29 is 17.9 Å². The molecular weight excluding hydrogens is 378 g/mol. The van der Waals surface area contributed by atoms with Gasteiger partial charge in [0.15, 0.2) is 0 Å². The Bertz CT molecular complexity index is 922. The number of benzene rings is 2. The molecule has 0 unspecified atom stereocenters. The maximum Gasteiger partial charge on any atom is 0.243 e. The molecular formula is C20H23N3O4S. The van der Waals surface area contributed by atoms with Crippen molar-refractivity contribution in [2.24, 2.45) is 0 Å². The first kappa shape index (κ1) is 21.4. The molecule has 2 aromatic carbocycles. The maximum absolute atomic E-state index is 12.8. The van der Waals surface area contributed by atoms with E-state index in [-0.39, 0.29) is 24.4 Å². The van der Waals surface area contributed by atoms with E-state index >= 15 is 0 Å². The average molecular weight is 401 g/mol. The molecule has 0 N–H and O–H groups in total. The van der Waals surface area contributed by atoms with Crippen LogP contribution in [-0.2, 0) is 14.8 Å². The van der Waals surface area contributed by atoms with Gasteiger partial charge in [-0.25, -0.2) is 8.42 Å². The summed E-state index contributed by atoms with van der Waals surface area (Å²) in [5.74, 6) is 0.254. The third kappa shape index (κ3) is 5.31. The van der Waals surface area contributed by atoms with Crippen molar-refractivity contribution in [3.8, 4) is 11.8 Å². The molecule has 0 saturated heterocycles. The molecule has 0 spiro atoms. The second kappa shape index (κ2) is 9.88. The third-order valence-corrected chi connectivity index (χ3v) is 5.83. The largest absolute Gasteiger partial charge is 0.494 e. The van der Waals surface area contributed by atoms with E-state index in [1.165, 1.54) is 24.1 Å². The van der Waals surface area contributed by atoms with Gasteiger partial charge in [0.25, 0.3) is 0 Å². The van der Waals surface area contributed by atoms with Crippen molar-refractivity contribution in [2.45, 2.75) is 18.2 Å². The number of nitriles is 1. The lowest BCUT2D eigenvalue weighted by Crippen LogP contribution is -2.41. The van der Waals surface area contributed by atoms with E-state index in [4.69, 9.17) is 10.00 Å². The number of rotatable bonds is 9. The molecule has 0 atom stereocenters. The summed E-state index contributed by atoms with van der Waals surface area (Å²) in [5, 5.41) is 8.90. The van der Waals surface area contributed by atoms with Gasteiger partial charge in [-0.05, 0) is 43.3 Å². The number of anilines is 1. The molecule has 8 heteroatoms. The fraction of sp³-hybridized carbons (Fsp3) is 0.300. The smallest absolute Gasteiger partial charge is 0.243 e. The van der Waals surface area contributed by atoms with Gasteiger partial charge in [-0.2, -0.15) is 9.57 Å². The minimum atomic E-state index is -3.78. The number of ether oxygens (including phenoxy) is 1. The normalized spacial score (nSPS) is 11.1. The van der Waals surface area contributed by atoms with E-state index in [1.807, 2.05) is 13.0 Å². The van der Waals surface area contributed by atoms with Crippen LogP contribution in [-0.4, -0.2) is 45.4 Å². The molecule has 0 fully saturated rings. The molecule has 148 valence electrons. The number of sulfonamides is 1. The summed E-state index contributed by atoms with van der Waals surface area (Å²) in [6.45, 7) is 2.23. The molecule has 2 rings (SSSR count). The van der Waals surface area contributed by atoms with Crippen molar-refractivity contribution in [1.82, 2.24) is 4.31 Å². The van der Waals surface area contributed by atoms with Crippen LogP contribution in [0.5, 0.6) is 5.75 Å². The van der Waals surface area contributed by atoms with Gasteiger partial charge in [0, 0.05) is 19.3 Å². The quantitative estimate of drug-likeness (QED) is 0.644. The Kier molecular flexibility index (Phi) is 7.55. The van der Waals surface area contributed by atoms with E-state index in [2.05, 4.69) is 0 Å². The van der Waals surface area contributed by atoms with Crippen molar-refractivity contribution in [3.63, 3.8) is 0 Å². The van der Waals surface area contributed by atoms with Crippen molar-refractivity contribution in [3.05, 3.63) is 54.6 Å². The van der Waals surface area contributed by atoms with E-state index in [1.54, 1.807) is 42.5 Å². The van der Waals surface area contributed by atoms with Crippen molar-refractivity contribution in [2.75, 3.05) is 31.6 Å². The van der Waals surface area contributed by atoms with Gasteiger partial charge >= 0.3 is 0 Å². The summed E-state index contributed by atoms with van der Waals surface area (Å²) >= 11 is 0. The fourth-order valence-corrected chi connectivity index (χ4v) is 3.72. The SMILES string of the molecule is CCOc1ccc(N(CCC#N)C(=O)CN(C)S(=O)(=O)c2ccccc2)cc1. The average Bonchev–Trinajstić information content (AvgIpc) is 2.70. The molecule has 2 aromatic rings. The van der Waals surface area contributed by atoms with Gasteiger partial charge in [0.2, 0.25) is 15.9 Å². The Morgan fingerprint density at radius 1 is 1.11 bits per heavy atom. The molecule has 28 heavy (non-hydrogen) atoms. The summed E-state index contributed by atoms with van der Waals surface area (Å²) < 4.78 is 31.7. The summed E-state index contributed by atoms with van der Waals surface area (Å²) in [5.41, 5.74) is 0.578. The maximum atomic E-state index is 12.8. The zero-order valence-electron chi connectivity index (χ0n) is 15.9. The minimum absolute atomic E-state index is 0.120. The second-order valence-corrected chi connectivity index (χ2v) is 8.00. The van der Waals surface area contributed by atoms with Crippen LogP contribution in [0.15, 0.2) is 59.5 Å². The van der Waals surface area contributed by atoms with Crippen LogP contribution in [0.4, 0.5) is 5.69 Å². The molecule has 0 radical (unpaired) electrons. The molecule has 0 aliphatic rings. The van der Waals surface area contributed by atoms with Crippen LogP contribution >= 0.6 is 0 Å². The lowest BCUT2D eigenvalue weighted by molar-refractivity contribution is -0.118. The molecule has 0 aliphatic carbocycles. The van der Waals surface area contributed by atoms with Crippen LogP contribution in [0.25, 0.3) is 0 Å². The number of amides is 1. The first-order valence-electron chi connectivity index (χ1n) is 8.81. The number of carbonyl (C=O) groups excluding carboxylic acids is 1. The summed E-state index contributed by atoms with van der Waals surface area (Å²) in [7, 11) is -2.42. The minimum Gasteiger partial charge on any atom is -0.494 e. The van der Waals surface area contributed by atoms with Crippen LogP contribution in [0.2, 0.25) is 0 Å². The summed E-state index contributed by atoms with van der Waals surface area (Å²) in [6.07, 6.45) is 0.133. The van der Waals surface area contributed by atoms with Gasteiger partial charge in [-0.3, -0.25) is 4.79 Å². The summed E-state index contributed by atoms with van der Waals surface area (Å²) in [6, 6.07) is 16.8. The number of hydrogen-bond acceptors (Lipinski definition) is 5. The van der Waals surface area contributed by atoms with Crippen molar-refractivity contribution >= 4 is 21.6 Å². The zero-order valence-corrected chi connectivity index (χ0v) is 16.7. The second-order valence-electron chi connectivity index (χ2n) is 5.95. The first-order chi connectivity index (χ1) is 13.4. The van der Waals surface area contributed by atoms with E-state index in [0.29, 0.717) is 18.0 Å². The Morgan fingerprint density at radius 2 is 1.75 bits per heavy atom. The monoisotopic (exact) mass is 401 g/mol. The molecule has 7 nitrogen and oxygen atoms in total.